The molecule has 0 aromatic carbocycles. The standard InChI is InChI=1S/C8H15N.C6H12N2.C6H11N.2C2H6/c1-6-3-7-5-8(4-6)9(7)2;1-7-4-6-2-3-8(7)5-6;1-3-7-4-2-6(1)5-7;2*1-2/h6-8H,3-5H2,1-2H3;6H,2-5H2,1H3;6H,1-5H2;2*1-2H3. The van der Waals surface area contributed by atoms with Crippen molar-refractivity contribution >= 4 is 0 Å². The lowest BCUT2D eigenvalue weighted by Gasteiger charge is -2.53. The SMILES string of the molecule is C1CN2CCC1C2.CC.CC.CC1CC2CC(C1)N2C.CN1CC2CCN1C2. The minimum Gasteiger partial charge on any atom is -0.303 e. The summed E-state index contributed by atoms with van der Waals surface area (Å²) in [6, 6.07) is 1.91. The van der Waals surface area contributed by atoms with Crippen molar-refractivity contribution in [1.82, 2.24) is 19.8 Å². The van der Waals surface area contributed by atoms with E-state index in [1.165, 1.54) is 77.8 Å². The van der Waals surface area contributed by atoms with E-state index in [-0.39, 0.29) is 0 Å². The van der Waals surface area contributed by atoms with E-state index in [0.717, 1.165) is 29.8 Å². The molecule has 1 aliphatic carbocycles. The molecule has 166 valence electrons. The van der Waals surface area contributed by atoms with E-state index in [1.807, 2.05) is 27.7 Å². The highest BCUT2D eigenvalue weighted by molar-refractivity contribution is 4.96. The molecule has 0 aromatic rings. The van der Waals surface area contributed by atoms with Gasteiger partial charge < -0.3 is 9.80 Å². The first-order chi connectivity index (χ1) is 13.6. The van der Waals surface area contributed by atoms with Crippen LogP contribution < -0.4 is 0 Å². The Morgan fingerprint density at radius 2 is 1.21 bits per heavy atom. The normalized spacial score (nSPS) is 41.9. The highest BCUT2D eigenvalue weighted by atomic mass is 15.6. The third-order valence-corrected chi connectivity index (χ3v) is 7.54. The maximum absolute atomic E-state index is 2.56. The summed E-state index contributed by atoms with van der Waals surface area (Å²) in [7, 11) is 4.45. The zero-order chi connectivity index (χ0) is 20.7. The van der Waals surface area contributed by atoms with Crippen molar-refractivity contribution in [1.29, 1.82) is 0 Å². The van der Waals surface area contributed by atoms with Gasteiger partial charge in [-0.25, -0.2) is 10.0 Å². The maximum Gasteiger partial charge on any atom is 0.0174 e. The number of fused-ring (bicyclic) bond motifs is 6. The predicted octanol–water partition coefficient (Wildman–Crippen LogP) is 4.42. The summed E-state index contributed by atoms with van der Waals surface area (Å²) >= 11 is 0. The molecule has 6 aliphatic heterocycles. The van der Waals surface area contributed by atoms with Gasteiger partial charge in [-0.15, -0.1) is 0 Å². The molecule has 28 heavy (non-hydrogen) atoms. The molecule has 4 heteroatoms. The Balaban J connectivity index is 0.000000139. The lowest BCUT2D eigenvalue weighted by Crippen LogP contribution is -2.58. The topological polar surface area (TPSA) is 13.0 Å². The smallest absolute Gasteiger partial charge is 0.0174 e. The van der Waals surface area contributed by atoms with Crippen molar-refractivity contribution in [2.45, 2.75) is 85.2 Å². The summed E-state index contributed by atoms with van der Waals surface area (Å²) in [6.45, 7) is 18.5. The summed E-state index contributed by atoms with van der Waals surface area (Å²) in [5.41, 5.74) is 0. The zero-order valence-electron chi connectivity index (χ0n) is 20.2. The van der Waals surface area contributed by atoms with E-state index >= 15 is 0 Å². The van der Waals surface area contributed by atoms with E-state index in [2.05, 4.69) is 40.8 Å². The van der Waals surface area contributed by atoms with Crippen molar-refractivity contribution in [2.75, 3.05) is 53.4 Å². The Bertz CT molecular complexity index is 397. The monoisotopic (exact) mass is 394 g/mol. The fraction of sp³-hybridized carbons (Fsp3) is 1.00. The molecule has 0 amide bonds. The Morgan fingerprint density at radius 1 is 0.643 bits per heavy atom. The summed E-state index contributed by atoms with van der Waals surface area (Å²) in [5, 5.41) is 4.78. The fourth-order valence-electron chi connectivity index (χ4n) is 5.83. The summed E-state index contributed by atoms with van der Waals surface area (Å²) in [4.78, 5) is 5.10. The van der Waals surface area contributed by atoms with Gasteiger partial charge in [0.15, 0.2) is 0 Å². The molecule has 6 heterocycles. The molecule has 4 unspecified atom stereocenters. The van der Waals surface area contributed by atoms with Gasteiger partial charge >= 0.3 is 0 Å². The molecule has 6 saturated heterocycles. The molecule has 1 saturated carbocycles. The van der Waals surface area contributed by atoms with E-state index < -0.39 is 0 Å². The molecule has 7 fully saturated rings. The molecule has 0 radical (unpaired) electrons. The Hall–Kier alpha value is -0.160. The average Bonchev–Trinajstić information content (AvgIpc) is 3.54. The van der Waals surface area contributed by atoms with Crippen LogP contribution in [0.4, 0.5) is 0 Å². The number of hydrogen-bond acceptors (Lipinski definition) is 4. The second-order valence-corrected chi connectivity index (χ2v) is 9.44. The van der Waals surface area contributed by atoms with Crippen LogP contribution in [0, 0.1) is 17.8 Å². The van der Waals surface area contributed by atoms with Crippen molar-refractivity contribution in [3.8, 4) is 0 Å². The van der Waals surface area contributed by atoms with Gasteiger partial charge in [-0.1, -0.05) is 34.6 Å². The molecule has 7 rings (SSSR count). The number of hydrogen-bond donors (Lipinski definition) is 0. The Morgan fingerprint density at radius 3 is 1.43 bits per heavy atom. The second-order valence-electron chi connectivity index (χ2n) is 9.44. The van der Waals surface area contributed by atoms with Crippen LogP contribution in [0.15, 0.2) is 0 Å². The van der Waals surface area contributed by atoms with Crippen LogP contribution in [0.1, 0.15) is 73.1 Å². The van der Waals surface area contributed by atoms with Crippen LogP contribution in [-0.2, 0) is 0 Å². The number of hydrazine groups is 1. The third kappa shape index (κ3) is 6.17. The third-order valence-electron chi connectivity index (χ3n) is 7.54. The van der Waals surface area contributed by atoms with Crippen LogP contribution in [0.5, 0.6) is 0 Å². The maximum atomic E-state index is 2.56. The van der Waals surface area contributed by atoms with Crippen LogP contribution in [0.25, 0.3) is 0 Å². The van der Waals surface area contributed by atoms with Gasteiger partial charge in [0.05, 0.1) is 0 Å². The van der Waals surface area contributed by atoms with Gasteiger partial charge in [-0.3, -0.25) is 0 Å². The fourth-order valence-corrected chi connectivity index (χ4v) is 5.83. The van der Waals surface area contributed by atoms with Crippen molar-refractivity contribution in [2.24, 2.45) is 17.8 Å². The van der Waals surface area contributed by atoms with Gasteiger partial charge in [-0.05, 0) is 76.4 Å². The average molecular weight is 395 g/mol. The molecule has 6 bridgehead atoms. The minimum atomic E-state index is 0.957. The van der Waals surface area contributed by atoms with Gasteiger partial charge in [0.2, 0.25) is 0 Å². The molecule has 4 nitrogen and oxygen atoms in total. The van der Waals surface area contributed by atoms with Crippen molar-refractivity contribution in [3.05, 3.63) is 0 Å². The highest BCUT2D eigenvalue weighted by Crippen LogP contribution is 2.39. The van der Waals surface area contributed by atoms with Gasteiger partial charge in [-0.2, -0.15) is 0 Å². The van der Waals surface area contributed by atoms with E-state index in [0.29, 0.717) is 0 Å². The number of piperidine rings is 2. The second kappa shape index (κ2) is 11.9. The minimum absolute atomic E-state index is 0.957. The van der Waals surface area contributed by atoms with Crippen molar-refractivity contribution in [3.63, 3.8) is 0 Å². The van der Waals surface area contributed by atoms with Gasteiger partial charge in [0.25, 0.3) is 0 Å². The first kappa shape index (κ1) is 24.1. The molecular weight excluding hydrogens is 344 g/mol. The van der Waals surface area contributed by atoms with Crippen molar-refractivity contribution < 1.29 is 0 Å². The molecule has 0 aromatic heterocycles. The van der Waals surface area contributed by atoms with Gasteiger partial charge in [0.1, 0.15) is 0 Å². The quantitative estimate of drug-likeness (QED) is 0.603. The molecule has 4 atom stereocenters. The number of nitrogens with zero attached hydrogens (tertiary/aromatic N) is 4. The zero-order valence-corrected chi connectivity index (χ0v) is 20.2. The number of rotatable bonds is 0. The Kier molecular flexibility index (Phi) is 10.2. The predicted molar refractivity (Wildman–Crippen MR) is 123 cm³/mol. The van der Waals surface area contributed by atoms with E-state index in [4.69, 9.17) is 0 Å². The molecular formula is C24H50N4. The first-order valence-corrected chi connectivity index (χ1v) is 12.5. The molecule has 0 N–H and O–H groups in total. The van der Waals surface area contributed by atoms with E-state index in [9.17, 15) is 0 Å². The largest absolute Gasteiger partial charge is 0.303 e. The van der Waals surface area contributed by atoms with Crippen LogP contribution in [0.3, 0.4) is 0 Å². The van der Waals surface area contributed by atoms with Crippen LogP contribution >= 0.6 is 0 Å². The van der Waals surface area contributed by atoms with E-state index in [1.54, 1.807) is 0 Å². The highest BCUT2D eigenvalue weighted by Gasteiger charge is 2.41. The molecule has 0 spiro atoms. The Labute approximate surface area is 176 Å². The van der Waals surface area contributed by atoms with Crippen LogP contribution in [-0.4, -0.2) is 85.3 Å². The lowest BCUT2D eigenvalue weighted by molar-refractivity contribution is -0.0258. The lowest BCUT2D eigenvalue weighted by atomic mass is 9.75. The first-order valence-electron chi connectivity index (χ1n) is 12.5. The summed E-state index contributed by atoms with van der Waals surface area (Å²) in [6.07, 6.45) is 8.80. The van der Waals surface area contributed by atoms with Crippen LogP contribution in [0.2, 0.25) is 0 Å². The molecule has 7 aliphatic rings. The summed E-state index contributed by atoms with van der Waals surface area (Å²) < 4.78 is 0. The summed E-state index contributed by atoms with van der Waals surface area (Å²) in [5.74, 6) is 3.10. The van der Waals surface area contributed by atoms with Gasteiger partial charge in [0, 0.05) is 45.3 Å².